The zero-order valence-corrected chi connectivity index (χ0v) is 11.2. The van der Waals surface area contributed by atoms with Crippen molar-refractivity contribution in [2.24, 2.45) is 5.92 Å². The number of rotatable bonds is 2. The molecule has 1 N–H and O–H groups in total. The first kappa shape index (κ1) is 12.7. The first-order valence-corrected chi connectivity index (χ1v) is 6.61. The third-order valence-corrected chi connectivity index (χ3v) is 3.77. The molecule has 1 aliphatic rings. The van der Waals surface area contributed by atoms with Crippen molar-refractivity contribution < 1.29 is 14.6 Å². The third kappa shape index (κ3) is 2.05. The summed E-state index contributed by atoms with van der Waals surface area (Å²) in [4.78, 5) is 16.0. The van der Waals surface area contributed by atoms with Crippen LogP contribution in [-0.4, -0.2) is 27.7 Å². The van der Waals surface area contributed by atoms with Gasteiger partial charge in [0.05, 0.1) is 18.6 Å². The minimum atomic E-state index is -0.165. The SMILES string of the molecule is COC(=O)C1CCn2c(cnc2-c2ccccc2O)C1. The highest BCUT2D eigenvalue weighted by Crippen LogP contribution is 2.32. The second-order valence-corrected chi connectivity index (χ2v) is 4.95. The first-order chi connectivity index (χ1) is 9.70. The smallest absolute Gasteiger partial charge is 0.309 e. The highest BCUT2D eigenvalue weighted by Gasteiger charge is 2.27. The Balaban J connectivity index is 1.94. The first-order valence-electron chi connectivity index (χ1n) is 6.61. The fourth-order valence-electron chi connectivity index (χ4n) is 2.71. The van der Waals surface area contributed by atoms with Gasteiger partial charge in [-0.3, -0.25) is 4.79 Å². The molecule has 5 nitrogen and oxygen atoms in total. The molecule has 5 heteroatoms. The largest absolute Gasteiger partial charge is 0.507 e. The molecule has 1 unspecified atom stereocenters. The number of aromatic hydroxyl groups is 1. The van der Waals surface area contributed by atoms with Crippen LogP contribution in [0.1, 0.15) is 12.1 Å². The second kappa shape index (κ2) is 5.00. The van der Waals surface area contributed by atoms with Crippen molar-refractivity contribution in [2.75, 3.05) is 7.11 Å². The lowest BCUT2D eigenvalue weighted by Gasteiger charge is -2.23. The quantitative estimate of drug-likeness (QED) is 0.849. The highest BCUT2D eigenvalue weighted by molar-refractivity contribution is 5.73. The van der Waals surface area contributed by atoms with Gasteiger partial charge >= 0.3 is 5.97 Å². The molecule has 1 atom stereocenters. The van der Waals surface area contributed by atoms with Gasteiger partial charge in [0, 0.05) is 24.9 Å². The predicted octanol–water partition coefficient (Wildman–Crippen LogP) is 1.99. The second-order valence-electron chi connectivity index (χ2n) is 4.95. The molecule has 0 saturated carbocycles. The van der Waals surface area contributed by atoms with Crippen molar-refractivity contribution in [1.29, 1.82) is 0 Å². The number of phenolic OH excluding ortho intramolecular Hbond substituents is 1. The van der Waals surface area contributed by atoms with Crippen LogP contribution in [0.4, 0.5) is 0 Å². The number of fused-ring (bicyclic) bond motifs is 1. The van der Waals surface area contributed by atoms with E-state index < -0.39 is 0 Å². The molecular weight excluding hydrogens is 256 g/mol. The van der Waals surface area contributed by atoms with Crippen LogP contribution in [0.2, 0.25) is 0 Å². The summed E-state index contributed by atoms with van der Waals surface area (Å²) in [6, 6.07) is 7.15. The molecule has 3 rings (SSSR count). The number of hydrogen-bond acceptors (Lipinski definition) is 4. The molecule has 0 amide bonds. The summed E-state index contributed by atoms with van der Waals surface area (Å²) in [5, 5.41) is 9.93. The molecule has 0 aliphatic carbocycles. The van der Waals surface area contributed by atoms with E-state index in [4.69, 9.17) is 4.74 Å². The normalized spacial score (nSPS) is 17.6. The van der Waals surface area contributed by atoms with Crippen LogP contribution in [0.5, 0.6) is 5.75 Å². The molecule has 2 heterocycles. The molecular formula is C15H16N2O3. The number of benzene rings is 1. The van der Waals surface area contributed by atoms with Gasteiger partial charge in [-0.15, -0.1) is 0 Å². The Kier molecular flexibility index (Phi) is 3.18. The van der Waals surface area contributed by atoms with Crippen LogP contribution in [0.25, 0.3) is 11.4 Å². The van der Waals surface area contributed by atoms with E-state index in [0.717, 1.165) is 23.5 Å². The summed E-state index contributed by atoms with van der Waals surface area (Å²) in [6.07, 6.45) is 3.14. The molecule has 0 fully saturated rings. The van der Waals surface area contributed by atoms with Crippen LogP contribution >= 0.6 is 0 Å². The van der Waals surface area contributed by atoms with Crippen molar-refractivity contribution in [3.63, 3.8) is 0 Å². The number of hydrogen-bond donors (Lipinski definition) is 1. The minimum Gasteiger partial charge on any atom is -0.507 e. The number of imidazole rings is 1. The van der Waals surface area contributed by atoms with Gasteiger partial charge in [-0.2, -0.15) is 0 Å². The summed E-state index contributed by atoms with van der Waals surface area (Å²) in [7, 11) is 1.42. The van der Waals surface area contributed by atoms with Crippen LogP contribution in [-0.2, 0) is 22.5 Å². The monoisotopic (exact) mass is 272 g/mol. The van der Waals surface area contributed by atoms with Crippen LogP contribution < -0.4 is 0 Å². The molecule has 104 valence electrons. The maximum Gasteiger partial charge on any atom is 0.309 e. The maximum absolute atomic E-state index is 11.6. The molecule has 2 aromatic rings. The Hall–Kier alpha value is -2.30. The van der Waals surface area contributed by atoms with E-state index in [1.807, 2.05) is 12.1 Å². The molecule has 20 heavy (non-hydrogen) atoms. The molecule has 0 bridgehead atoms. The number of esters is 1. The summed E-state index contributed by atoms with van der Waals surface area (Å²) in [6.45, 7) is 0.707. The zero-order chi connectivity index (χ0) is 14.1. The molecule has 0 spiro atoms. The number of carbonyl (C=O) groups is 1. The fourth-order valence-corrected chi connectivity index (χ4v) is 2.71. The topological polar surface area (TPSA) is 64.4 Å². The number of para-hydroxylation sites is 1. The average Bonchev–Trinajstić information content (AvgIpc) is 2.90. The van der Waals surface area contributed by atoms with Gasteiger partial charge < -0.3 is 14.4 Å². The molecule has 1 aliphatic heterocycles. The van der Waals surface area contributed by atoms with Gasteiger partial charge in [-0.25, -0.2) is 4.98 Å². The fraction of sp³-hybridized carbons (Fsp3) is 0.333. The Morgan fingerprint density at radius 3 is 3.00 bits per heavy atom. The van der Waals surface area contributed by atoms with Gasteiger partial charge in [0.1, 0.15) is 11.6 Å². The lowest BCUT2D eigenvalue weighted by atomic mass is 9.96. The third-order valence-electron chi connectivity index (χ3n) is 3.77. The van der Waals surface area contributed by atoms with E-state index in [1.165, 1.54) is 7.11 Å². The lowest BCUT2D eigenvalue weighted by molar-refractivity contribution is -0.146. The Bertz CT molecular complexity index is 648. The predicted molar refractivity (Wildman–Crippen MR) is 73.2 cm³/mol. The summed E-state index contributed by atoms with van der Waals surface area (Å²) >= 11 is 0. The van der Waals surface area contributed by atoms with Crippen LogP contribution in [0, 0.1) is 5.92 Å². The van der Waals surface area contributed by atoms with E-state index in [2.05, 4.69) is 9.55 Å². The van der Waals surface area contributed by atoms with E-state index in [-0.39, 0.29) is 17.6 Å². The van der Waals surface area contributed by atoms with Crippen LogP contribution in [0.3, 0.4) is 0 Å². The van der Waals surface area contributed by atoms with Crippen molar-refractivity contribution in [3.05, 3.63) is 36.2 Å². The standard InChI is InChI=1S/C15H16N2O3/c1-20-15(19)10-6-7-17-11(8-10)9-16-14(17)12-4-2-3-5-13(12)18/h2-5,9-10,18H,6-8H2,1H3. The maximum atomic E-state index is 11.6. The van der Waals surface area contributed by atoms with Gasteiger partial charge in [0.25, 0.3) is 0 Å². The van der Waals surface area contributed by atoms with Gasteiger partial charge in [-0.1, -0.05) is 12.1 Å². The number of methoxy groups -OCH3 is 1. The van der Waals surface area contributed by atoms with Crippen molar-refractivity contribution in [2.45, 2.75) is 19.4 Å². The minimum absolute atomic E-state index is 0.0959. The van der Waals surface area contributed by atoms with E-state index >= 15 is 0 Å². The van der Waals surface area contributed by atoms with E-state index in [0.29, 0.717) is 13.0 Å². The van der Waals surface area contributed by atoms with Crippen molar-refractivity contribution in [3.8, 4) is 17.1 Å². The molecule has 1 aromatic carbocycles. The zero-order valence-electron chi connectivity index (χ0n) is 11.2. The summed E-state index contributed by atoms with van der Waals surface area (Å²) in [5.41, 5.74) is 1.72. The van der Waals surface area contributed by atoms with Crippen LogP contribution in [0.15, 0.2) is 30.5 Å². The summed E-state index contributed by atoms with van der Waals surface area (Å²) < 4.78 is 6.87. The molecule has 1 aromatic heterocycles. The average molecular weight is 272 g/mol. The Labute approximate surface area is 116 Å². The molecule has 0 radical (unpaired) electrons. The number of aromatic nitrogens is 2. The Morgan fingerprint density at radius 1 is 1.45 bits per heavy atom. The van der Waals surface area contributed by atoms with Gasteiger partial charge in [0.2, 0.25) is 0 Å². The number of phenols is 1. The Morgan fingerprint density at radius 2 is 2.25 bits per heavy atom. The highest BCUT2D eigenvalue weighted by atomic mass is 16.5. The number of ether oxygens (including phenoxy) is 1. The van der Waals surface area contributed by atoms with Gasteiger partial charge in [0.15, 0.2) is 0 Å². The molecule has 0 saturated heterocycles. The van der Waals surface area contributed by atoms with Crippen molar-refractivity contribution in [1.82, 2.24) is 9.55 Å². The van der Waals surface area contributed by atoms with Crippen molar-refractivity contribution >= 4 is 5.97 Å². The van der Waals surface area contributed by atoms with Gasteiger partial charge in [-0.05, 0) is 18.6 Å². The lowest BCUT2D eigenvalue weighted by Crippen LogP contribution is -2.26. The number of nitrogens with zero attached hydrogens (tertiary/aromatic N) is 2. The summed E-state index contributed by atoms with van der Waals surface area (Å²) in [5.74, 6) is 0.709. The van der Waals surface area contributed by atoms with E-state index in [1.54, 1.807) is 18.3 Å². The van der Waals surface area contributed by atoms with E-state index in [9.17, 15) is 9.90 Å². The number of carbonyl (C=O) groups excluding carboxylic acids is 1.